The molecule has 1 aromatic carbocycles. The van der Waals surface area contributed by atoms with Crippen LogP contribution in [0, 0.1) is 11.8 Å². The zero-order valence-corrected chi connectivity index (χ0v) is 26.3. The summed E-state index contributed by atoms with van der Waals surface area (Å²) in [6.07, 6.45) is 7.88. The first-order valence-corrected chi connectivity index (χ1v) is 15.7. The molecule has 1 aromatic rings. The molecule has 0 bridgehead atoms. The number of hydrogen-bond acceptors (Lipinski definition) is 5. The van der Waals surface area contributed by atoms with Gasteiger partial charge >= 0.3 is 5.97 Å². The van der Waals surface area contributed by atoms with Crippen LogP contribution in [0.5, 0.6) is 0 Å². The van der Waals surface area contributed by atoms with E-state index < -0.39 is 42.0 Å². The molecule has 0 radical (unpaired) electrons. The molecule has 1 aliphatic heterocycles. The molecule has 0 saturated carbocycles. The third-order valence-corrected chi connectivity index (χ3v) is 8.35. The van der Waals surface area contributed by atoms with Crippen LogP contribution < -0.4 is 16.0 Å². The van der Waals surface area contributed by atoms with Crippen molar-refractivity contribution in [1.29, 1.82) is 0 Å². The number of esters is 1. The molecule has 40 heavy (non-hydrogen) atoms. The summed E-state index contributed by atoms with van der Waals surface area (Å²) in [6, 6.07) is 4.84. The van der Waals surface area contributed by atoms with Crippen LogP contribution in [0.25, 0.3) is 0 Å². The molecule has 1 saturated heterocycles. The van der Waals surface area contributed by atoms with Gasteiger partial charge in [-0.05, 0) is 42.9 Å². The number of ether oxygens (including phenoxy) is 1. The number of carbonyl (C=O) groups is 4. The molecule has 1 heterocycles. The predicted molar refractivity (Wildman–Crippen MR) is 160 cm³/mol. The number of unbranched alkanes of at least 4 members (excludes halogenated alkanes) is 5. The lowest BCUT2D eigenvalue weighted by Gasteiger charge is -2.29. The Morgan fingerprint density at radius 2 is 1.52 bits per heavy atom. The topological polar surface area (TPSA) is 114 Å². The molecular formula is C31H48BrN3O5. The second kappa shape index (κ2) is 17.4. The number of nitrogens with one attached hydrogen (secondary N) is 3. The van der Waals surface area contributed by atoms with Crippen molar-refractivity contribution in [1.82, 2.24) is 16.0 Å². The van der Waals surface area contributed by atoms with Crippen LogP contribution in [0.2, 0.25) is 0 Å². The number of hydrogen-bond donors (Lipinski definition) is 3. The summed E-state index contributed by atoms with van der Waals surface area (Å²) in [6.45, 7) is 9.57. The van der Waals surface area contributed by atoms with Crippen molar-refractivity contribution in [2.75, 3.05) is 0 Å². The fourth-order valence-corrected chi connectivity index (χ4v) is 5.11. The van der Waals surface area contributed by atoms with Gasteiger partial charge < -0.3 is 20.7 Å². The first-order valence-electron chi connectivity index (χ1n) is 14.9. The lowest BCUT2D eigenvalue weighted by atomic mass is 9.93. The third-order valence-electron chi connectivity index (χ3n) is 7.82. The number of benzene rings is 1. The van der Waals surface area contributed by atoms with Crippen LogP contribution in [0.1, 0.15) is 98.0 Å². The van der Waals surface area contributed by atoms with Crippen LogP contribution in [0.15, 0.2) is 28.7 Å². The van der Waals surface area contributed by atoms with Crippen molar-refractivity contribution in [3.05, 3.63) is 34.3 Å². The maximum Gasteiger partial charge on any atom is 0.329 e. The highest BCUT2D eigenvalue weighted by atomic mass is 79.9. The van der Waals surface area contributed by atoms with Crippen LogP contribution in [-0.2, 0) is 30.3 Å². The van der Waals surface area contributed by atoms with E-state index in [1.165, 1.54) is 25.7 Å². The summed E-state index contributed by atoms with van der Waals surface area (Å²) in [5.41, 5.74) is 0.862. The smallest absolute Gasteiger partial charge is 0.329 e. The summed E-state index contributed by atoms with van der Waals surface area (Å²) in [7, 11) is 0. The fraction of sp³-hybridized carbons (Fsp3) is 0.677. The van der Waals surface area contributed by atoms with E-state index in [0.717, 1.165) is 29.3 Å². The molecule has 3 N–H and O–H groups in total. The second-order valence-electron chi connectivity index (χ2n) is 11.3. The molecule has 0 aliphatic carbocycles. The average Bonchev–Trinajstić information content (AvgIpc) is 2.93. The van der Waals surface area contributed by atoms with Crippen molar-refractivity contribution in [2.24, 2.45) is 11.8 Å². The molecule has 1 aliphatic rings. The minimum absolute atomic E-state index is 0.0520. The van der Waals surface area contributed by atoms with Gasteiger partial charge in [0, 0.05) is 10.9 Å². The lowest BCUT2D eigenvalue weighted by molar-refractivity contribution is -0.158. The Labute approximate surface area is 248 Å². The molecule has 0 spiro atoms. The van der Waals surface area contributed by atoms with Gasteiger partial charge in [-0.1, -0.05) is 101 Å². The van der Waals surface area contributed by atoms with E-state index >= 15 is 0 Å². The Morgan fingerprint density at radius 1 is 0.875 bits per heavy atom. The minimum Gasteiger partial charge on any atom is -0.460 e. The Kier molecular flexibility index (Phi) is 14.7. The van der Waals surface area contributed by atoms with Crippen molar-refractivity contribution in [2.45, 2.75) is 123 Å². The van der Waals surface area contributed by atoms with Crippen molar-refractivity contribution >= 4 is 39.6 Å². The van der Waals surface area contributed by atoms with E-state index in [4.69, 9.17) is 4.74 Å². The van der Waals surface area contributed by atoms with Gasteiger partial charge in [0.2, 0.25) is 17.7 Å². The summed E-state index contributed by atoms with van der Waals surface area (Å²) in [5.74, 6) is -2.08. The monoisotopic (exact) mass is 621 g/mol. The van der Waals surface area contributed by atoms with Crippen LogP contribution >= 0.6 is 15.9 Å². The maximum absolute atomic E-state index is 13.4. The molecule has 3 amide bonds. The first kappa shape index (κ1) is 33.8. The molecule has 2 rings (SSSR count). The van der Waals surface area contributed by atoms with Gasteiger partial charge in [0.15, 0.2) is 0 Å². The van der Waals surface area contributed by atoms with Gasteiger partial charge in [-0.25, -0.2) is 4.79 Å². The van der Waals surface area contributed by atoms with Crippen LogP contribution in [0.4, 0.5) is 0 Å². The molecule has 9 heteroatoms. The largest absolute Gasteiger partial charge is 0.460 e. The minimum atomic E-state index is -0.903. The highest BCUT2D eigenvalue weighted by molar-refractivity contribution is 9.10. The van der Waals surface area contributed by atoms with Crippen molar-refractivity contribution in [3.8, 4) is 0 Å². The highest BCUT2D eigenvalue weighted by Gasteiger charge is 2.35. The van der Waals surface area contributed by atoms with E-state index in [1.807, 2.05) is 45.0 Å². The van der Waals surface area contributed by atoms with E-state index in [1.54, 1.807) is 6.92 Å². The van der Waals surface area contributed by atoms with Crippen LogP contribution in [-0.4, -0.2) is 47.9 Å². The standard InChI is InChI=1S/C31H48BrN3O5/c1-6-8-9-10-11-12-13-21(4)26-19-27(36)34-25(18-23-14-16-24(32)17-15-23)30(38)33-22(5)29(37)35-28(20(3)7-2)31(39)40-26/h14-17,20-22,25-26,28H,6-13,18-19H2,1-5H3,(H,33,38)(H,34,36)(H,35,37). The maximum atomic E-state index is 13.4. The van der Waals surface area contributed by atoms with E-state index in [2.05, 4.69) is 38.8 Å². The third kappa shape index (κ3) is 11.2. The molecule has 224 valence electrons. The SMILES string of the molecule is CCCCCCCCC(C)C1CC(=O)NC(Cc2ccc(Br)cc2)C(=O)NC(C)C(=O)NC(C(C)CC)C(=O)O1. The normalized spacial score (nSPS) is 24.4. The summed E-state index contributed by atoms with van der Waals surface area (Å²) in [5, 5.41) is 8.37. The van der Waals surface area contributed by atoms with Gasteiger partial charge in [0.1, 0.15) is 24.2 Å². The van der Waals surface area contributed by atoms with Gasteiger partial charge in [0.25, 0.3) is 0 Å². The van der Waals surface area contributed by atoms with E-state index in [0.29, 0.717) is 6.42 Å². The molecule has 0 aromatic heterocycles. The van der Waals surface area contributed by atoms with Gasteiger partial charge in [0.05, 0.1) is 6.42 Å². The molecule has 1 fully saturated rings. The zero-order chi connectivity index (χ0) is 29.7. The lowest BCUT2D eigenvalue weighted by Crippen LogP contribution is -2.55. The van der Waals surface area contributed by atoms with Crippen molar-refractivity contribution < 1.29 is 23.9 Å². The highest BCUT2D eigenvalue weighted by Crippen LogP contribution is 2.22. The summed E-state index contributed by atoms with van der Waals surface area (Å²) < 4.78 is 6.89. The summed E-state index contributed by atoms with van der Waals surface area (Å²) >= 11 is 3.42. The van der Waals surface area contributed by atoms with E-state index in [-0.39, 0.29) is 30.6 Å². The summed E-state index contributed by atoms with van der Waals surface area (Å²) in [4.78, 5) is 53.0. The molecular weight excluding hydrogens is 574 g/mol. The van der Waals surface area contributed by atoms with Gasteiger partial charge in [-0.15, -0.1) is 0 Å². The second-order valence-corrected chi connectivity index (χ2v) is 12.2. The number of halogens is 1. The zero-order valence-electron chi connectivity index (χ0n) is 24.8. The number of amides is 3. The molecule has 8 nitrogen and oxygen atoms in total. The Hall–Kier alpha value is -2.42. The average molecular weight is 623 g/mol. The predicted octanol–water partition coefficient (Wildman–Crippen LogP) is 5.21. The Morgan fingerprint density at radius 3 is 2.17 bits per heavy atom. The number of carbonyl (C=O) groups excluding carboxylic acids is 4. The van der Waals surface area contributed by atoms with Crippen LogP contribution in [0.3, 0.4) is 0 Å². The number of rotatable bonds is 12. The molecule has 6 unspecified atom stereocenters. The van der Waals surface area contributed by atoms with E-state index in [9.17, 15) is 19.2 Å². The quantitative estimate of drug-likeness (QED) is 0.219. The molecule has 6 atom stereocenters. The van der Waals surface area contributed by atoms with Gasteiger partial charge in [-0.2, -0.15) is 0 Å². The van der Waals surface area contributed by atoms with Crippen molar-refractivity contribution in [3.63, 3.8) is 0 Å². The fourth-order valence-electron chi connectivity index (χ4n) is 4.84. The number of cyclic esters (lactones) is 1. The Balaban J connectivity index is 2.29. The first-order chi connectivity index (χ1) is 19.0. The Bertz CT molecular complexity index is 970. The van der Waals surface area contributed by atoms with Gasteiger partial charge in [-0.3, -0.25) is 14.4 Å².